The summed E-state index contributed by atoms with van der Waals surface area (Å²) in [6.45, 7) is 1.91. The minimum absolute atomic E-state index is 0.200. The van der Waals surface area contributed by atoms with E-state index in [-0.39, 0.29) is 5.56 Å². The predicted molar refractivity (Wildman–Crippen MR) is 60.5 cm³/mol. The molecule has 0 radical (unpaired) electrons. The summed E-state index contributed by atoms with van der Waals surface area (Å²) in [5.41, 5.74) is -0.989. The molecule has 1 aliphatic rings. The molecule has 1 saturated heterocycles. The van der Waals surface area contributed by atoms with Gasteiger partial charge in [0.15, 0.2) is 0 Å². The number of halogens is 1. The van der Waals surface area contributed by atoms with E-state index >= 15 is 0 Å². The number of amides is 1. The molecular weight excluding hydrogens is 239 g/mol. The van der Waals surface area contributed by atoms with Gasteiger partial charge in [0.25, 0.3) is 5.91 Å². The molecule has 2 rings (SSSR count). The average molecular weight is 252 g/mol. The summed E-state index contributed by atoms with van der Waals surface area (Å²) in [5.74, 6) is -2.12. The zero-order valence-corrected chi connectivity index (χ0v) is 9.89. The molecule has 1 amide bonds. The van der Waals surface area contributed by atoms with Crippen molar-refractivity contribution in [2.75, 3.05) is 6.54 Å². The SMILES string of the molecule is CC1(C(=O)O)CCCN1C(=O)c1ccc(F)nc1. The Labute approximate surface area is 103 Å². The van der Waals surface area contributed by atoms with Crippen LogP contribution >= 0.6 is 0 Å². The maximum Gasteiger partial charge on any atom is 0.329 e. The lowest BCUT2D eigenvalue weighted by molar-refractivity contribution is -0.147. The molecule has 6 heteroatoms. The molecule has 1 aromatic heterocycles. The van der Waals surface area contributed by atoms with Crippen molar-refractivity contribution in [3.63, 3.8) is 0 Å². The van der Waals surface area contributed by atoms with E-state index in [0.717, 1.165) is 12.3 Å². The standard InChI is InChI=1S/C12H13FN2O3/c1-12(11(17)18)5-2-6-15(12)10(16)8-3-4-9(13)14-7-8/h3-4,7H,2,5-6H2,1H3,(H,17,18). The monoisotopic (exact) mass is 252 g/mol. The van der Waals surface area contributed by atoms with E-state index in [1.807, 2.05) is 0 Å². The topological polar surface area (TPSA) is 70.5 Å². The highest BCUT2D eigenvalue weighted by atomic mass is 19.1. The van der Waals surface area contributed by atoms with Crippen LogP contribution < -0.4 is 0 Å². The lowest BCUT2D eigenvalue weighted by atomic mass is 9.99. The third-order valence-electron chi connectivity index (χ3n) is 3.32. The number of rotatable bonds is 2. The van der Waals surface area contributed by atoms with Crippen molar-refractivity contribution < 1.29 is 19.1 Å². The first-order valence-corrected chi connectivity index (χ1v) is 5.62. The van der Waals surface area contributed by atoms with Gasteiger partial charge >= 0.3 is 5.97 Å². The number of likely N-dealkylation sites (tertiary alicyclic amines) is 1. The van der Waals surface area contributed by atoms with Crippen LogP contribution in [0.25, 0.3) is 0 Å². The van der Waals surface area contributed by atoms with Crippen molar-refractivity contribution in [3.05, 3.63) is 29.8 Å². The highest BCUT2D eigenvalue weighted by Gasteiger charge is 2.46. The van der Waals surface area contributed by atoms with Crippen molar-refractivity contribution in [2.45, 2.75) is 25.3 Å². The van der Waals surface area contributed by atoms with E-state index in [1.165, 1.54) is 17.9 Å². The second-order valence-corrected chi connectivity index (χ2v) is 4.51. The summed E-state index contributed by atoms with van der Waals surface area (Å²) in [6.07, 6.45) is 2.18. The van der Waals surface area contributed by atoms with Crippen LogP contribution in [0.1, 0.15) is 30.1 Å². The van der Waals surface area contributed by atoms with Crippen molar-refractivity contribution in [1.29, 1.82) is 0 Å². The van der Waals surface area contributed by atoms with Crippen LogP contribution in [0.5, 0.6) is 0 Å². The van der Waals surface area contributed by atoms with E-state index in [0.29, 0.717) is 19.4 Å². The number of hydrogen-bond donors (Lipinski definition) is 1. The Morgan fingerprint density at radius 1 is 1.50 bits per heavy atom. The van der Waals surface area contributed by atoms with Gasteiger partial charge in [-0.3, -0.25) is 4.79 Å². The van der Waals surface area contributed by atoms with E-state index < -0.39 is 23.4 Å². The number of aromatic nitrogens is 1. The average Bonchev–Trinajstić information content (AvgIpc) is 2.73. The minimum Gasteiger partial charge on any atom is -0.480 e. The number of hydrogen-bond acceptors (Lipinski definition) is 3. The fourth-order valence-corrected chi connectivity index (χ4v) is 2.17. The summed E-state index contributed by atoms with van der Waals surface area (Å²) in [5, 5.41) is 9.21. The van der Waals surface area contributed by atoms with Gasteiger partial charge in [-0.2, -0.15) is 4.39 Å². The largest absolute Gasteiger partial charge is 0.480 e. The van der Waals surface area contributed by atoms with Gasteiger partial charge in [0.05, 0.1) is 5.56 Å². The molecule has 0 aliphatic carbocycles. The molecule has 96 valence electrons. The summed E-state index contributed by atoms with van der Waals surface area (Å²) in [6, 6.07) is 2.40. The van der Waals surface area contributed by atoms with Crippen LogP contribution in [0.4, 0.5) is 4.39 Å². The first-order valence-electron chi connectivity index (χ1n) is 5.62. The molecule has 1 atom stereocenters. The molecule has 1 aromatic rings. The lowest BCUT2D eigenvalue weighted by Crippen LogP contribution is -2.50. The number of carbonyl (C=O) groups is 2. The number of pyridine rings is 1. The summed E-state index contributed by atoms with van der Waals surface area (Å²) in [7, 11) is 0. The third-order valence-corrected chi connectivity index (χ3v) is 3.32. The zero-order chi connectivity index (χ0) is 13.3. The lowest BCUT2D eigenvalue weighted by Gasteiger charge is -2.31. The highest BCUT2D eigenvalue weighted by Crippen LogP contribution is 2.30. The smallest absolute Gasteiger partial charge is 0.329 e. The Morgan fingerprint density at radius 2 is 2.22 bits per heavy atom. The quantitative estimate of drug-likeness (QED) is 0.805. The van der Waals surface area contributed by atoms with Gasteiger partial charge in [0.2, 0.25) is 5.95 Å². The molecule has 0 aromatic carbocycles. The molecule has 0 bridgehead atoms. The fourth-order valence-electron chi connectivity index (χ4n) is 2.17. The molecular formula is C12H13FN2O3. The first-order chi connectivity index (χ1) is 8.45. The van der Waals surface area contributed by atoms with Crippen LogP contribution in [-0.2, 0) is 4.79 Å². The Kier molecular flexibility index (Phi) is 3.02. The Hall–Kier alpha value is -1.98. The van der Waals surface area contributed by atoms with Gasteiger partial charge in [-0.25, -0.2) is 9.78 Å². The van der Waals surface area contributed by atoms with Crippen molar-refractivity contribution in [3.8, 4) is 0 Å². The second kappa shape index (κ2) is 4.36. The Bertz CT molecular complexity index is 489. The molecule has 0 spiro atoms. The van der Waals surface area contributed by atoms with E-state index in [4.69, 9.17) is 0 Å². The number of carboxylic acid groups (broad SMARTS) is 1. The van der Waals surface area contributed by atoms with Crippen LogP contribution in [0.15, 0.2) is 18.3 Å². The summed E-state index contributed by atoms with van der Waals surface area (Å²) in [4.78, 5) is 28.1. The molecule has 18 heavy (non-hydrogen) atoms. The van der Waals surface area contributed by atoms with Crippen LogP contribution in [0, 0.1) is 5.95 Å². The van der Waals surface area contributed by atoms with Gasteiger partial charge in [-0.1, -0.05) is 0 Å². The summed E-state index contributed by atoms with van der Waals surface area (Å²) >= 11 is 0. The minimum atomic E-state index is -1.19. The van der Waals surface area contributed by atoms with Gasteiger partial charge in [-0.15, -0.1) is 0 Å². The number of carboxylic acids is 1. The predicted octanol–water partition coefficient (Wildman–Crippen LogP) is 1.30. The number of aliphatic carboxylic acids is 1. The zero-order valence-electron chi connectivity index (χ0n) is 9.89. The summed E-state index contributed by atoms with van der Waals surface area (Å²) < 4.78 is 12.7. The highest BCUT2D eigenvalue weighted by molar-refractivity contribution is 5.97. The third kappa shape index (κ3) is 1.94. The van der Waals surface area contributed by atoms with Crippen LogP contribution in [0.2, 0.25) is 0 Å². The number of nitrogens with zero attached hydrogens (tertiary/aromatic N) is 2. The molecule has 5 nitrogen and oxygen atoms in total. The van der Waals surface area contributed by atoms with Crippen molar-refractivity contribution >= 4 is 11.9 Å². The molecule has 1 unspecified atom stereocenters. The molecule has 2 heterocycles. The first kappa shape index (κ1) is 12.5. The van der Waals surface area contributed by atoms with Gasteiger partial charge in [-0.05, 0) is 31.9 Å². The second-order valence-electron chi connectivity index (χ2n) is 4.51. The van der Waals surface area contributed by atoms with Gasteiger partial charge in [0, 0.05) is 12.7 Å². The van der Waals surface area contributed by atoms with Gasteiger partial charge < -0.3 is 10.0 Å². The van der Waals surface area contributed by atoms with Crippen LogP contribution in [-0.4, -0.2) is 39.0 Å². The maximum atomic E-state index is 12.7. The van der Waals surface area contributed by atoms with E-state index in [2.05, 4.69) is 4.98 Å². The Morgan fingerprint density at radius 3 is 2.78 bits per heavy atom. The van der Waals surface area contributed by atoms with E-state index in [1.54, 1.807) is 0 Å². The molecule has 1 aliphatic heterocycles. The van der Waals surface area contributed by atoms with Crippen molar-refractivity contribution in [1.82, 2.24) is 9.88 Å². The number of carbonyl (C=O) groups excluding carboxylic acids is 1. The van der Waals surface area contributed by atoms with E-state index in [9.17, 15) is 19.1 Å². The molecule has 0 saturated carbocycles. The maximum absolute atomic E-state index is 12.7. The Balaban J connectivity index is 2.28. The van der Waals surface area contributed by atoms with Crippen molar-refractivity contribution in [2.24, 2.45) is 0 Å². The fraction of sp³-hybridized carbons (Fsp3) is 0.417. The van der Waals surface area contributed by atoms with Gasteiger partial charge in [0.1, 0.15) is 5.54 Å². The molecule has 1 fully saturated rings. The van der Waals surface area contributed by atoms with Crippen LogP contribution in [0.3, 0.4) is 0 Å². The molecule has 1 N–H and O–H groups in total. The normalized spacial score (nSPS) is 23.1.